The lowest BCUT2D eigenvalue weighted by atomic mass is 9.86. The van der Waals surface area contributed by atoms with Crippen LogP contribution < -0.4 is 0 Å². The van der Waals surface area contributed by atoms with Crippen LogP contribution in [0.15, 0.2) is 16.9 Å². The Balaban J connectivity index is 2.82. The van der Waals surface area contributed by atoms with Crippen molar-refractivity contribution in [3.8, 4) is 12.1 Å². The molecule has 0 unspecified atom stereocenters. The zero-order valence-corrected chi connectivity index (χ0v) is 10.7. The van der Waals surface area contributed by atoms with Gasteiger partial charge in [0.25, 0.3) is 0 Å². The van der Waals surface area contributed by atoms with E-state index in [1.165, 1.54) is 17.1 Å². The SMILES string of the molecule is N#CC(C#N)(CCC(F)(F)F)Cn1cc(Br)cn1. The lowest BCUT2D eigenvalue weighted by molar-refractivity contribution is -0.138. The van der Waals surface area contributed by atoms with Gasteiger partial charge in [-0.25, -0.2) is 0 Å². The summed E-state index contributed by atoms with van der Waals surface area (Å²) in [4.78, 5) is 0. The Hall–Kier alpha value is -1.54. The van der Waals surface area contributed by atoms with Gasteiger partial charge in [0.05, 0.1) is 29.4 Å². The monoisotopic (exact) mass is 320 g/mol. The van der Waals surface area contributed by atoms with Crippen LogP contribution >= 0.6 is 15.9 Å². The van der Waals surface area contributed by atoms with Crippen molar-refractivity contribution < 1.29 is 13.2 Å². The third-order valence-electron chi connectivity index (χ3n) is 2.30. The molecule has 96 valence electrons. The molecule has 0 aliphatic carbocycles. The summed E-state index contributed by atoms with van der Waals surface area (Å²) in [6.45, 7) is -0.193. The topological polar surface area (TPSA) is 65.4 Å². The molecule has 1 heterocycles. The minimum absolute atomic E-state index is 0.193. The second-order valence-corrected chi connectivity index (χ2v) is 4.69. The number of hydrogen-bond acceptors (Lipinski definition) is 3. The van der Waals surface area contributed by atoms with Gasteiger partial charge in [0.15, 0.2) is 5.41 Å². The maximum atomic E-state index is 12.2. The van der Waals surface area contributed by atoms with Crippen molar-refractivity contribution >= 4 is 15.9 Å². The highest BCUT2D eigenvalue weighted by Gasteiger charge is 2.37. The largest absolute Gasteiger partial charge is 0.389 e. The van der Waals surface area contributed by atoms with Crippen LogP contribution in [0.2, 0.25) is 0 Å². The lowest BCUT2D eigenvalue weighted by Crippen LogP contribution is -2.26. The predicted molar refractivity (Wildman–Crippen MR) is 58.9 cm³/mol. The Kier molecular flexibility index (Phi) is 4.36. The van der Waals surface area contributed by atoms with Crippen molar-refractivity contribution in [3.63, 3.8) is 0 Å². The molecule has 8 heteroatoms. The first-order valence-corrected chi connectivity index (χ1v) is 5.67. The van der Waals surface area contributed by atoms with Gasteiger partial charge in [0, 0.05) is 12.6 Å². The van der Waals surface area contributed by atoms with E-state index in [-0.39, 0.29) is 6.54 Å². The fourth-order valence-electron chi connectivity index (χ4n) is 1.34. The van der Waals surface area contributed by atoms with E-state index in [0.717, 1.165) is 0 Å². The summed E-state index contributed by atoms with van der Waals surface area (Å²) >= 11 is 3.13. The second-order valence-electron chi connectivity index (χ2n) is 3.78. The van der Waals surface area contributed by atoms with E-state index in [4.69, 9.17) is 10.5 Å². The quantitative estimate of drug-likeness (QED) is 0.856. The third-order valence-corrected chi connectivity index (χ3v) is 2.71. The molecule has 0 atom stereocenters. The molecule has 1 aromatic rings. The van der Waals surface area contributed by atoms with Crippen molar-refractivity contribution in [2.24, 2.45) is 5.41 Å². The lowest BCUT2D eigenvalue weighted by Gasteiger charge is -2.19. The van der Waals surface area contributed by atoms with E-state index >= 15 is 0 Å². The van der Waals surface area contributed by atoms with E-state index in [2.05, 4.69) is 21.0 Å². The average molecular weight is 321 g/mol. The average Bonchev–Trinajstić information content (AvgIpc) is 2.69. The van der Waals surface area contributed by atoms with E-state index in [1.54, 1.807) is 12.1 Å². The number of rotatable bonds is 4. The summed E-state index contributed by atoms with van der Waals surface area (Å²) < 4.78 is 38.4. The molecule has 1 aromatic heterocycles. The fraction of sp³-hybridized carbons (Fsp3) is 0.500. The number of nitriles is 2. The molecule has 0 fully saturated rings. The van der Waals surface area contributed by atoms with Gasteiger partial charge in [0.2, 0.25) is 0 Å². The number of alkyl halides is 3. The number of nitrogens with zero attached hydrogens (tertiary/aromatic N) is 4. The van der Waals surface area contributed by atoms with Crippen LogP contribution in [0.3, 0.4) is 0 Å². The Bertz CT molecular complexity index is 480. The van der Waals surface area contributed by atoms with Crippen LogP contribution in [-0.4, -0.2) is 16.0 Å². The predicted octanol–water partition coefficient (Wildman–Crippen LogP) is 3.02. The van der Waals surface area contributed by atoms with Gasteiger partial charge in [0.1, 0.15) is 0 Å². The maximum Gasteiger partial charge on any atom is 0.389 e. The van der Waals surface area contributed by atoms with Crippen molar-refractivity contribution in [2.75, 3.05) is 0 Å². The standard InChI is InChI=1S/C10H8BrF3N4/c11-8-3-17-18(4-8)7-9(5-15,6-16)1-2-10(12,13)14/h3-4H,1-2,7H2. The van der Waals surface area contributed by atoms with Gasteiger partial charge in [-0.05, 0) is 22.4 Å². The highest BCUT2D eigenvalue weighted by atomic mass is 79.9. The zero-order chi connectivity index (χ0) is 13.8. The molecule has 0 aliphatic rings. The molecule has 0 bridgehead atoms. The van der Waals surface area contributed by atoms with Gasteiger partial charge < -0.3 is 0 Å². The van der Waals surface area contributed by atoms with Crippen molar-refractivity contribution in [3.05, 3.63) is 16.9 Å². The van der Waals surface area contributed by atoms with Gasteiger partial charge in [-0.3, -0.25) is 4.68 Å². The minimum atomic E-state index is -4.39. The van der Waals surface area contributed by atoms with Crippen LogP contribution in [0.4, 0.5) is 13.2 Å². The fourth-order valence-corrected chi connectivity index (χ4v) is 1.67. The number of aromatic nitrogens is 2. The molecule has 0 N–H and O–H groups in total. The summed E-state index contributed by atoms with van der Waals surface area (Å²) in [6.07, 6.45) is -3.19. The van der Waals surface area contributed by atoms with E-state index < -0.39 is 24.4 Å². The van der Waals surface area contributed by atoms with E-state index in [0.29, 0.717) is 4.47 Å². The van der Waals surface area contributed by atoms with Gasteiger partial charge in [-0.15, -0.1) is 0 Å². The molecular formula is C10H8BrF3N4. The van der Waals surface area contributed by atoms with E-state index in [9.17, 15) is 13.2 Å². The molecule has 4 nitrogen and oxygen atoms in total. The molecule has 0 saturated carbocycles. The molecular weight excluding hydrogens is 313 g/mol. The van der Waals surface area contributed by atoms with Crippen LogP contribution in [0, 0.1) is 28.1 Å². The van der Waals surface area contributed by atoms with Crippen LogP contribution in [0.25, 0.3) is 0 Å². The summed E-state index contributed by atoms with van der Waals surface area (Å²) in [5.41, 5.74) is -1.72. The van der Waals surface area contributed by atoms with Gasteiger partial charge in [-0.2, -0.15) is 28.8 Å². The molecule has 1 rings (SSSR count). The Morgan fingerprint density at radius 3 is 2.28 bits per heavy atom. The molecule has 0 saturated heterocycles. The van der Waals surface area contributed by atoms with Crippen molar-refractivity contribution in [1.29, 1.82) is 10.5 Å². The Labute approximate surface area is 110 Å². The highest BCUT2D eigenvalue weighted by Crippen LogP contribution is 2.31. The highest BCUT2D eigenvalue weighted by molar-refractivity contribution is 9.10. The Morgan fingerprint density at radius 2 is 1.89 bits per heavy atom. The minimum Gasteiger partial charge on any atom is -0.269 e. The molecule has 18 heavy (non-hydrogen) atoms. The van der Waals surface area contributed by atoms with Crippen LogP contribution in [-0.2, 0) is 6.54 Å². The van der Waals surface area contributed by atoms with E-state index in [1.807, 2.05) is 0 Å². The summed E-state index contributed by atoms with van der Waals surface area (Å²) in [5.74, 6) is 0. The first-order valence-electron chi connectivity index (χ1n) is 4.87. The smallest absolute Gasteiger partial charge is 0.269 e. The van der Waals surface area contributed by atoms with Crippen molar-refractivity contribution in [2.45, 2.75) is 25.6 Å². The first kappa shape index (κ1) is 14.5. The zero-order valence-electron chi connectivity index (χ0n) is 9.08. The third kappa shape index (κ3) is 4.04. The molecule has 0 spiro atoms. The summed E-state index contributed by atoms with van der Waals surface area (Å²) in [6, 6.07) is 3.32. The molecule has 0 radical (unpaired) electrons. The molecule has 0 aliphatic heterocycles. The molecule has 0 aromatic carbocycles. The van der Waals surface area contributed by atoms with Crippen molar-refractivity contribution in [1.82, 2.24) is 9.78 Å². The number of hydrogen-bond donors (Lipinski definition) is 0. The van der Waals surface area contributed by atoms with Crippen LogP contribution in [0.1, 0.15) is 12.8 Å². The number of halogens is 4. The first-order chi connectivity index (χ1) is 8.30. The second kappa shape index (κ2) is 5.40. The summed E-state index contributed by atoms with van der Waals surface area (Å²) in [7, 11) is 0. The Morgan fingerprint density at radius 1 is 1.28 bits per heavy atom. The maximum absolute atomic E-state index is 12.2. The summed E-state index contributed by atoms with van der Waals surface area (Å²) in [5, 5.41) is 21.7. The normalized spacial score (nSPS) is 11.9. The van der Waals surface area contributed by atoms with Gasteiger partial charge in [-0.1, -0.05) is 0 Å². The van der Waals surface area contributed by atoms with Crippen LogP contribution in [0.5, 0.6) is 0 Å². The molecule has 0 amide bonds. The van der Waals surface area contributed by atoms with Gasteiger partial charge >= 0.3 is 6.18 Å².